The number of amides is 1. The minimum Gasteiger partial charge on any atom is -0.393 e. The SMILES string of the molecule is CC1(C)Cc2c(-c3ccc(C(N)=O)c(N[C@H]4CC[C@H](O)CC4)c3)c3ccc(F)cc3n2S(=O)(=O)C1. The number of hydrogen-bond acceptors (Lipinski definition) is 5. The topological polar surface area (TPSA) is 114 Å². The number of fused-ring (bicyclic) bond motifs is 3. The molecule has 1 aliphatic carbocycles. The van der Waals surface area contributed by atoms with E-state index in [0.29, 0.717) is 47.1 Å². The Labute approximate surface area is 204 Å². The normalized spacial score (nSPS) is 23.1. The lowest BCUT2D eigenvalue weighted by atomic mass is 9.87. The maximum Gasteiger partial charge on any atom is 0.250 e. The van der Waals surface area contributed by atoms with Crippen LogP contribution in [0, 0.1) is 11.2 Å². The summed E-state index contributed by atoms with van der Waals surface area (Å²) in [4.78, 5) is 12.2. The van der Waals surface area contributed by atoms with Crippen LogP contribution in [0.15, 0.2) is 36.4 Å². The van der Waals surface area contributed by atoms with Crippen molar-refractivity contribution >= 4 is 32.5 Å². The van der Waals surface area contributed by atoms with E-state index in [2.05, 4.69) is 5.32 Å². The molecule has 0 radical (unpaired) electrons. The molecule has 1 aliphatic heterocycles. The lowest BCUT2D eigenvalue weighted by Crippen LogP contribution is -2.36. The fraction of sp³-hybridized carbons (Fsp3) is 0.423. The summed E-state index contributed by atoms with van der Waals surface area (Å²) < 4.78 is 42.1. The molecule has 9 heteroatoms. The highest BCUT2D eigenvalue weighted by molar-refractivity contribution is 7.90. The minimum absolute atomic E-state index is 0.0340. The van der Waals surface area contributed by atoms with Crippen LogP contribution in [-0.4, -0.2) is 41.3 Å². The lowest BCUT2D eigenvalue weighted by molar-refractivity contribution is 0.100. The number of aliphatic hydroxyl groups excluding tert-OH is 1. The summed E-state index contributed by atoms with van der Waals surface area (Å²) in [7, 11) is -3.70. The van der Waals surface area contributed by atoms with Gasteiger partial charge in [-0.15, -0.1) is 0 Å². The first-order valence-corrected chi connectivity index (χ1v) is 13.5. The van der Waals surface area contributed by atoms with Gasteiger partial charge in [0.15, 0.2) is 0 Å². The summed E-state index contributed by atoms with van der Waals surface area (Å²) in [6, 6.07) is 9.55. The molecule has 0 unspecified atom stereocenters. The van der Waals surface area contributed by atoms with E-state index in [4.69, 9.17) is 5.73 Å². The fourth-order valence-electron chi connectivity index (χ4n) is 5.62. The van der Waals surface area contributed by atoms with Gasteiger partial charge in [0.2, 0.25) is 10.0 Å². The highest BCUT2D eigenvalue weighted by Gasteiger charge is 2.39. The number of halogens is 1. The van der Waals surface area contributed by atoms with Crippen molar-refractivity contribution in [2.45, 2.75) is 58.1 Å². The summed E-state index contributed by atoms with van der Waals surface area (Å²) in [5, 5.41) is 13.9. The molecule has 0 atom stereocenters. The molecule has 3 aromatic rings. The van der Waals surface area contributed by atoms with E-state index in [1.54, 1.807) is 18.2 Å². The molecule has 4 N–H and O–H groups in total. The predicted octanol–water partition coefficient (Wildman–Crippen LogP) is 4.02. The molecule has 2 aromatic carbocycles. The first kappa shape index (κ1) is 23.8. The van der Waals surface area contributed by atoms with Gasteiger partial charge in [-0.2, -0.15) is 0 Å². The average molecular weight is 500 g/mol. The zero-order valence-electron chi connectivity index (χ0n) is 19.8. The van der Waals surface area contributed by atoms with E-state index in [-0.39, 0.29) is 17.9 Å². The number of nitrogens with zero attached hydrogens (tertiary/aromatic N) is 1. The van der Waals surface area contributed by atoms with Crippen LogP contribution in [0.4, 0.5) is 10.1 Å². The second kappa shape index (κ2) is 8.34. The van der Waals surface area contributed by atoms with Crippen molar-refractivity contribution in [1.82, 2.24) is 3.97 Å². The summed E-state index contributed by atoms with van der Waals surface area (Å²) in [6.45, 7) is 3.83. The van der Waals surface area contributed by atoms with Gasteiger partial charge >= 0.3 is 0 Å². The van der Waals surface area contributed by atoms with E-state index in [1.165, 1.54) is 16.1 Å². The largest absolute Gasteiger partial charge is 0.393 e. The fourth-order valence-corrected chi connectivity index (χ4v) is 7.78. The Bertz CT molecular complexity index is 1440. The summed E-state index contributed by atoms with van der Waals surface area (Å²) >= 11 is 0. The van der Waals surface area contributed by atoms with E-state index < -0.39 is 27.2 Å². The number of nitrogens with two attached hydrogens (primary N) is 1. The number of primary amides is 1. The molecule has 186 valence electrons. The van der Waals surface area contributed by atoms with Crippen LogP contribution in [0.2, 0.25) is 0 Å². The molecule has 1 fully saturated rings. The third-order valence-corrected chi connectivity index (χ3v) is 9.23. The Kier molecular flexibility index (Phi) is 5.68. The summed E-state index contributed by atoms with van der Waals surface area (Å²) in [6.07, 6.45) is 3.08. The second-order valence-corrected chi connectivity index (χ2v) is 12.4. The van der Waals surface area contributed by atoms with Crippen molar-refractivity contribution in [2.75, 3.05) is 11.1 Å². The van der Waals surface area contributed by atoms with Gasteiger partial charge < -0.3 is 16.2 Å². The van der Waals surface area contributed by atoms with Crippen molar-refractivity contribution < 1.29 is 22.7 Å². The highest BCUT2D eigenvalue weighted by atomic mass is 32.2. The van der Waals surface area contributed by atoms with Crippen molar-refractivity contribution in [2.24, 2.45) is 11.1 Å². The molecule has 1 saturated carbocycles. The number of rotatable bonds is 4. The van der Waals surface area contributed by atoms with Crippen LogP contribution in [0.5, 0.6) is 0 Å². The Balaban J connectivity index is 1.70. The van der Waals surface area contributed by atoms with E-state index in [1.807, 2.05) is 19.9 Å². The van der Waals surface area contributed by atoms with Gasteiger partial charge in [0.25, 0.3) is 5.91 Å². The quantitative estimate of drug-likeness (QED) is 0.502. The van der Waals surface area contributed by atoms with E-state index in [9.17, 15) is 22.7 Å². The molecule has 2 aliphatic rings. The standard InChI is InChI=1S/C26H30FN3O4S/c1-26(2)13-23-24(20-10-4-16(27)12-22(20)30(23)35(33,34)14-26)15-3-9-19(25(28)32)21(11-15)29-17-5-7-18(31)8-6-17/h3-4,9-12,17-18,29,31H,5-8,13-14H2,1-2H3,(H2,28,32)/t17-,18-. The number of benzene rings is 2. The van der Waals surface area contributed by atoms with Crippen LogP contribution < -0.4 is 11.1 Å². The maximum absolute atomic E-state index is 14.2. The number of aromatic nitrogens is 1. The van der Waals surface area contributed by atoms with Crippen molar-refractivity contribution in [3.05, 3.63) is 53.5 Å². The van der Waals surface area contributed by atoms with Crippen molar-refractivity contribution in [3.63, 3.8) is 0 Å². The molecule has 1 aromatic heterocycles. The number of anilines is 1. The zero-order valence-corrected chi connectivity index (χ0v) is 20.7. The van der Waals surface area contributed by atoms with Crippen LogP contribution in [-0.2, 0) is 16.4 Å². The Morgan fingerprint density at radius 2 is 1.86 bits per heavy atom. The van der Waals surface area contributed by atoms with Gasteiger partial charge in [-0.25, -0.2) is 16.8 Å². The molecule has 0 bridgehead atoms. The van der Waals surface area contributed by atoms with Gasteiger partial charge in [-0.1, -0.05) is 19.9 Å². The molecular formula is C26H30FN3O4S. The number of carbonyl (C=O) groups is 1. The van der Waals surface area contributed by atoms with Crippen LogP contribution in [0.3, 0.4) is 0 Å². The van der Waals surface area contributed by atoms with Crippen LogP contribution >= 0.6 is 0 Å². The molecule has 0 saturated heterocycles. The Morgan fingerprint density at radius 1 is 1.14 bits per heavy atom. The van der Waals surface area contributed by atoms with E-state index >= 15 is 0 Å². The predicted molar refractivity (Wildman–Crippen MR) is 134 cm³/mol. The van der Waals surface area contributed by atoms with E-state index in [0.717, 1.165) is 24.0 Å². The smallest absolute Gasteiger partial charge is 0.250 e. The van der Waals surface area contributed by atoms with Gasteiger partial charge in [-0.05, 0) is 73.4 Å². The average Bonchev–Trinajstić information content (AvgIpc) is 3.07. The van der Waals surface area contributed by atoms with Crippen LogP contribution in [0.25, 0.3) is 22.0 Å². The van der Waals surface area contributed by atoms with Gasteiger partial charge in [-0.3, -0.25) is 4.79 Å². The minimum atomic E-state index is -3.70. The van der Waals surface area contributed by atoms with Gasteiger partial charge in [0.1, 0.15) is 5.82 Å². The first-order chi connectivity index (χ1) is 16.4. The van der Waals surface area contributed by atoms with Crippen molar-refractivity contribution in [1.29, 1.82) is 0 Å². The first-order valence-electron chi connectivity index (χ1n) is 11.9. The van der Waals surface area contributed by atoms with Crippen molar-refractivity contribution in [3.8, 4) is 11.1 Å². The molecule has 2 heterocycles. The number of nitrogens with one attached hydrogen (secondary N) is 1. The zero-order chi connectivity index (χ0) is 25.1. The Morgan fingerprint density at radius 3 is 2.54 bits per heavy atom. The second-order valence-electron chi connectivity index (χ2n) is 10.6. The summed E-state index contributed by atoms with van der Waals surface area (Å²) in [5.41, 5.74) is 8.46. The third-order valence-electron chi connectivity index (χ3n) is 7.11. The number of carbonyl (C=O) groups excluding carboxylic acids is 1. The van der Waals surface area contributed by atoms with Gasteiger partial charge in [0.05, 0.1) is 22.9 Å². The third kappa shape index (κ3) is 4.31. The Hall–Kier alpha value is -2.91. The molecule has 1 amide bonds. The monoisotopic (exact) mass is 499 g/mol. The molecular weight excluding hydrogens is 469 g/mol. The number of aliphatic hydroxyl groups is 1. The summed E-state index contributed by atoms with van der Waals surface area (Å²) in [5.74, 6) is -1.10. The molecule has 35 heavy (non-hydrogen) atoms. The van der Waals surface area contributed by atoms with Crippen LogP contribution in [0.1, 0.15) is 55.6 Å². The lowest BCUT2D eigenvalue weighted by Gasteiger charge is -2.31. The highest BCUT2D eigenvalue weighted by Crippen LogP contribution is 2.44. The molecule has 0 spiro atoms. The molecule has 7 nitrogen and oxygen atoms in total. The molecule has 5 rings (SSSR count). The number of hydrogen-bond donors (Lipinski definition) is 3. The van der Waals surface area contributed by atoms with Gasteiger partial charge in [0, 0.05) is 28.4 Å². The maximum atomic E-state index is 14.2.